The molecule has 0 heterocycles. The Hall–Kier alpha value is -1.06. The van der Waals surface area contributed by atoms with Crippen LogP contribution in [0.5, 0.6) is 0 Å². The van der Waals surface area contributed by atoms with Gasteiger partial charge in [0.25, 0.3) is 0 Å². The highest BCUT2D eigenvalue weighted by Crippen LogP contribution is 2.21. The summed E-state index contributed by atoms with van der Waals surface area (Å²) in [5.41, 5.74) is 4.32. The number of rotatable bonds is 3. The fourth-order valence-electron chi connectivity index (χ4n) is 1.91. The molecular weight excluding hydrogens is 260 g/mol. The lowest BCUT2D eigenvalue weighted by molar-refractivity contribution is -0.115. The smallest absolute Gasteiger partial charge is 0.238 e. The van der Waals surface area contributed by atoms with E-state index in [-0.39, 0.29) is 23.9 Å². The summed E-state index contributed by atoms with van der Waals surface area (Å²) >= 11 is 0. The van der Waals surface area contributed by atoms with Crippen LogP contribution >= 0.6 is 12.4 Å². The summed E-state index contributed by atoms with van der Waals surface area (Å²) in [5.74, 6) is -0.0000203. The Balaban J connectivity index is 0.00000324. The minimum absolute atomic E-state index is 0. The maximum atomic E-state index is 11.9. The van der Waals surface area contributed by atoms with Crippen LogP contribution in [0.2, 0.25) is 0 Å². The molecule has 1 aromatic rings. The molecule has 0 unspecified atom stereocenters. The number of hydrogen-bond acceptors (Lipinski definition) is 2. The Kier molecular flexibility index (Phi) is 6.53. The Bertz CT molecular complexity index is 427. The summed E-state index contributed by atoms with van der Waals surface area (Å²) in [6, 6.07) is 4.17. The van der Waals surface area contributed by atoms with Gasteiger partial charge in [-0.15, -0.1) is 12.4 Å². The molecular formula is C15H25ClN2O. The maximum absolute atomic E-state index is 11.9. The Morgan fingerprint density at radius 1 is 1.11 bits per heavy atom. The van der Waals surface area contributed by atoms with Crippen molar-refractivity contribution < 1.29 is 4.79 Å². The van der Waals surface area contributed by atoms with E-state index >= 15 is 0 Å². The van der Waals surface area contributed by atoms with Gasteiger partial charge >= 0.3 is 0 Å². The standard InChI is InChI=1S/C15H24N2O.ClH/c1-10-7-11(2)14(12(3)8-10)17-13(18)9-16-15(4,5)6;/h7-8,16H,9H2,1-6H3,(H,17,18);1H. The molecule has 19 heavy (non-hydrogen) atoms. The number of nitrogens with one attached hydrogen (secondary N) is 2. The lowest BCUT2D eigenvalue weighted by Gasteiger charge is -2.20. The van der Waals surface area contributed by atoms with Crippen LogP contribution in [-0.2, 0) is 4.79 Å². The van der Waals surface area contributed by atoms with Gasteiger partial charge in [-0.1, -0.05) is 17.7 Å². The van der Waals surface area contributed by atoms with E-state index < -0.39 is 0 Å². The van der Waals surface area contributed by atoms with Crippen molar-refractivity contribution in [1.82, 2.24) is 5.32 Å². The number of halogens is 1. The van der Waals surface area contributed by atoms with Crippen LogP contribution in [0.15, 0.2) is 12.1 Å². The average Bonchev–Trinajstić information content (AvgIpc) is 2.19. The predicted molar refractivity (Wildman–Crippen MR) is 84.3 cm³/mol. The highest BCUT2D eigenvalue weighted by molar-refractivity contribution is 5.93. The van der Waals surface area contributed by atoms with Crippen molar-refractivity contribution in [2.45, 2.75) is 47.1 Å². The first-order valence-electron chi connectivity index (χ1n) is 6.32. The number of hydrogen-bond donors (Lipinski definition) is 2. The van der Waals surface area contributed by atoms with Gasteiger partial charge < -0.3 is 10.6 Å². The van der Waals surface area contributed by atoms with Crippen molar-refractivity contribution in [3.63, 3.8) is 0 Å². The molecule has 0 bridgehead atoms. The number of carbonyl (C=O) groups excluding carboxylic acids is 1. The van der Waals surface area contributed by atoms with Crippen molar-refractivity contribution in [3.8, 4) is 0 Å². The van der Waals surface area contributed by atoms with E-state index in [1.165, 1.54) is 5.56 Å². The second kappa shape index (κ2) is 6.92. The summed E-state index contributed by atoms with van der Waals surface area (Å²) in [6.45, 7) is 12.6. The molecule has 0 aliphatic heterocycles. The third-order valence-corrected chi connectivity index (χ3v) is 2.72. The van der Waals surface area contributed by atoms with Crippen LogP contribution in [0, 0.1) is 20.8 Å². The van der Waals surface area contributed by atoms with Gasteiger partial charge in [0.15, 0.2) is 0 Å². The summed E-state index contributed by atoms with van der Waals surface area (Å²) in [4.78, 5) is 11.9. The first-order valence-corrected chi connectivity index (χ1v) is 6.32. The minimum Gasteiger partial charge on any atom is -0.324 e. The van der Waals surface area contributed by atoms with Gasteiger partial charge in [0.2, 0.25) is 5.91 Å². The summed E-state index contributed by atoms with van der Waals surface area (Å²) < 4.78 is 0. The highest BCUT2D eigenvalue weighted by Gasteiger charge is 2.12. The molecule has 0 saturated carbocycles. The van der Waals surface area contributed by atoms with E-state index in [1.54, 1.807) is 0 Å². The predicted octanol–water partition coefficient (Wildman–Crippen LogP) is 3.36. The topological polar surface area (TPSA) is 41.1 Å². The van der Waals surface area contributed by atoms with Crippen molar-refractivity contribution >= 4 is 24.0 Å². The summed E-state index contributed by atoms with van der Waals surface area (Å²) in [6.07, 6.45) is 0. The molecule has 3 nitrogen and oxygen atoms in total. The Labute approximate surface area is 122 Å². The quantitative estimate of drug-likeness (QED) is 0.894. The van der Waals surface area contributed by atoms with Gasteiger partial charge in [0, 0.05) is 11.2 Å². The van der Waals surface area contributed by atoms with E-state index in [0.717, 1.165) is 16.8 Å². The number of anilines is 1. The van der Waals surface area contributed by atoms with Gasteiger partial charge in [0.1, 0.15) is 0 Å². The summed E-state index contributed by atoms with van der Waals surface area (Å²) in [7, 11) is 0. The highest BCUT2D eigenvalue weighted by atomic mass is 35.5. The molecule has 4 heteroatoms. The number of aryl methyl sites for hydroxylation is 3. The van der Waals surface area contributed by atoms with E-state index in [9.17, 15) is 4.79 Å². The van der Waals surface area contributed by atoms with Crippen LogP contribution in [0.25, 0.3) is 0 Å². The number of benzene rings is 1. The number of amides is 1. The van der Waals surface area contributed by atoms with Crippen LogP contribution in [0.1, 0.15) is 37.5 Å². The largest absolute Gasteiger partial charge is 0.324 e. The zero-order valence-electron chi connectivity index (χ0n) is 12.7. The van der Waals surface area contributed by atoms with E-state index in [0.29, 0.717) is 6.54 Å². The van der Waals surface area contributed by atoms with E-state index in [2.05, 4.69) is 29.7 Å². The Morgan fingerprint density at radius 3 is 2.00 bits per heavy atom. The third-order valence-electron chi connectivity index (χ3n) is 2.72. The van der Waals surface area contributed by atoms with Gasteiger partial charge in [-0.2, -0.15) is 0 Å². The van der Waals surface area contributed by atoms with Crippen LogP contribution < -0.4 is 10.6 Å². The zero-order chi connectivity index (χ0) is 13.9. The molecule has 2 N–H and O–H groups in total. The fraction of sp³-hybridized carbons (Fsp3) is 0.533. The molecule has 1 rings (SSSR count). The maximum Gasteiger partial charge on any atom is 0.238 e. The first kappa shape index (κ1) is 17.9. The van der Waals surface area contributed by atoms with Crippen LogP contribution in [-0.4, -0.2) is 18.0 Å². The lowest BCUT2D eigenvalue weighted by atomic mass is 10.1. The molecule has 0 aromatic heterocycles. The van der Waals surface area contributed by atoms with Gasteiger partial charge in [-0.05, 0) is 52.7 Å². The molecule has 0 radical (unpaired) electrons. The summed E-state index contributed by atoms with van der Waals surface area (Å²) in [5, 5.41) is 6.16. The molecule has 1 aromatic carbocycles. The van der Waals surface area contributed by atoms with Gasteiger partial charge in [-0.25, -0.2) is 0 Å². The monoisotopic (exact) mass is 284 g/mol. The van der Waals surface area contributed by atoms with Crippen molar-refractivity contribution in [2.75, 3.05) is 11.9 Å². The third kappa shape index (κ3) is 6.08. The second-order valence-corrected chi connectivity index (χ2v) is 5.93. The molecule has 108 valence electrons. The van der Waals surface area contributed by atoms with E-state index in [1.807, 2.05) is 34.6 Å². The Morgan fingerprint density at radius 2 is 1.58 bits per heavy atom. The molecule has 0 aliphatic carbocycles. The van der Waals surface area contributed by atoms with Crippen molar-refractivity contribution in [1.29, 1.82) is 0 Å². The number of carbonyl (C=O) groups is 1. The molecule has 0 saturated heterocycles. The van der Waals surface area contributed by atoms with Crippen molar-refractivity contribution in [2.24, 2.45) is 0 Å². The average molecular weight is 285 g/mol. The van der Waals surface area contributed by atoms with Crippen molar-refractivity contribution in [3.05, 3.63) is 28.8 Å². The fourth-order valence-corrected chi connectivity index (χ4v) is 1.91. The molecule has 0 fully saturated rings. The normalized spacial score (nSPS) is 10.8. The zero-order valence-corrected chi connectivity index (χ0v) is 13.5. The van der Waals surface area contributed by atoms with Crippen LogP contribution in [0.4, 0.5) is 5.69 Å². The lowest BCUT2D eigenvalue weighted by Crippen LogP contribution is -2.41. The van der Waals surface area contributed by atoms with E-state index in [4.69, 9.17) is 0 Å². The first-order chi connectivity index (χ1) is 8.19. The van der Waals surface area contributed by atoms with Crippen LogP contribution in [0.3, 0.4) is 0 Å². The molecule has 0 spiro atoms. The molecule has 1 amide bonds. The van der Waals surface area contributed by atoms with Gasteiger partial charge in [0.05, 0.1) is 6.54 Å². The molecule has 0 atom stereocenters. The van der Waals surface area contributed by atoms with Gasteiger partial charge in [-0.3, -0.25) is 4.79 Å². The second-order valence-electron chi connectivity index (χ2n) is 5.93. The molecule has 0 aliphatic rings. The SMILES string of the molecule is Cc1cc(C)c(NC(=O)CNC(C)(C)C)c(C)c1.Cl. The minimum atomic E-state index is -0.0469.